The van der Waals surface area contributed by atoms with Crippen molar-refractivity contribution in [2.45, 2.75) is 97.1 Å². The van der Waals surface area contributed by atoms with Crippen LogP contribution in [0, 0.1) is 0 Å². The second kappa shape index (κ2) is 13.5. The van der Waals surface area contributed by atoms with Gasteiger partial charge in [0.25, 0.3) is 0 Å². The largest absolute Gasteiger partial charge is 0.444 e. The predicted molar refractivity (Wildman–Crippen MR) is 128 cm³/mol. The lowest BCUT2D eigenvalue weighted by molar-refractivity contribution is -0.118. The lowest BCUT2D eigenvalue weighted by Crippen LogP contribution is -2.46. The van der Waals surface area contributed by atoms with E-state index in [2.05, 4.69) is 62.4 Å². The molecular formula is C24H38N6O3. The number of aromatic nitrogens is 4. The maximum absolute atomic E-state index is 12.7. The number of benzene rings is 1. The Hall–Kier alpha value is -2.97. The van der Waals surface area contributed by atoms with E-state index in [1.807, 2.05) is 0 Å². The number of rotatable bonds is 13. The molecule has 1 unspecified atom stereocenters. The van der Waals surface area contributed by atoms with E-state index in [0.717, 1.165) is 12.0 Å². The highest BCUT2D eigenvalue weighted by atomic mass is 16.6. The fourth-order valence-corrected chi connectivity index (χ4v) is 3.43. The van der Waals surface area contributed by atoms with E-state index in [1.54, 1.807) is 20.8 Å². The summed E-state index contributed by atoms with van der Waals surface area (Å²) in [7, 11) is 0. The molecule has 3 N–H and O–H groups in total. The number of hydrogen-bond donors (Lipinski definition) is 3. The zero-order valence-electron chi connectivity index (χ0n) is 20.3. The number of carbonyl (C=O) groups is 2. The fraction of sp³-hybridized carbons (Fsp3) is 0.625. The van der Waals surface area contributed by atoms with Crippen LogP contribution in [-0.2, 0) is 22.4 Å². The first-order valence-electron chi connectivity index (χ1n) is 11.9. The van der Waals surface area contributed by atoms with Crippen LogP contribution in [0.1, 0.15) is 83.8 Å². The fourth-order valence-electron chi connectivity index (χ4n) is 3.43. The Balaban J connectivity index is 1.88. The van der Waals surface area contributed by atoms with E-state index in [9.17, 15) is 9.59 Å². The number of tetrazole rings is 1. The van der Waals surface area contributed by atoms with Crippen molar-refractivity contribution in [2.24, 2.45) is 0 Å². The van der Waals surface area contributed by atoms with E-state index in [4.69, 9.17) is 4.74 Å². The molecule has 1 aromatic carbocycles. The van der Waals surface area contributed by atoms with E-state index in [1.165, 1.54) is 44.1 Å². The highest BCUT2D eigenvalue weighted by Gasteiger charge is 2.25. The first kappa shape index (κ1) is 26.3. The van der Waals surface area contributed by atoms with Crippen LogP contribution in [0.15, 0.2) is 24.3 Å². The average Bonchev–Trinajstić information content (AvgIpc) is 3.26. The Bertz CT molecular complexity index is 831. The van der Waals surface area contributed by atoms with Gasteiger partial charge >= 0.3 is 6.09 Å². The molecule has 0 saturated carbocycles. The van der Waals surface area contributed by atoms with E-state index in [0.29, 0.717) is 12.8 Å². The van der Waals surface area contributed by atoms with Gasteiger partial charge in [0.05, 0.1) is 0 Å². The van der Waals surface area contributed by atoms with Crippen LogP contribution < -0.4 is 10.6 Å². The van der Waals surface area contributed by atoms with Crippen molar-refractivity contribution in [1.29, 1.82) is 0 Å². The predicted octanol–water partition coefficient (Wildman–Crippen LogP) is 4.57. The molecule has 0 aliphatic rings. The summed E-state index contributed by atoms with van der Waals surface area (Å²) < 4.78 is 5.31. The molecule has 33 heavy (non-hydrogen) atoms. The SMILES string of the molecule is CCCCCCCCc1ccc(CCC(NC(=O)OC(C)(C)C)C(=O)Nc2nnn[nH]2)cc1. The number of aromatic amines is 1. The van der Waals surface area contributed by atoms with Crippen molar-refractivity contribution in [3.63, 3.8) is 0 Å². The molecule has 0 aliphatic heterocycles. The summed E-state index contributed by atoms with van der Waals surface area (Å²) in [5.41, 5.74) is 1.77. The van der Waals surface area contributed by atoms with Crippen LogP contribution in [0.3, 0.4) is 0 Å². The minimum Gasteiger partial charge on any atom is -0.444 e. The van der Waals surface area contributed by atoms with Crippen LogP contribution in [0.25, 0.3) is 0 Å². The van der Waals surface area contributed by atoms with Gasteiger partial charge in [0.15, 0.2) is 0 Å². The minimum atomic E-state index is -0.798. The Morgan fingerprint density at radius 3 is 2.24 bits per heavy atom. The monoisotopic (exact) mass is 458 g/mol. The maximum Gasteiger partial charge on any atom is 0.408 e. The number of H-pyrrole nitrogens is 1. The Kier molecular flexibility index (Phi) is 10.8. The van der Waals surface area contributed by atoms with Crippen molar-refractivity contribution in [1.82, 2.24) is 25.9 Å². The summed E-state index contributed by atoms with van der Waals surface area (Å²) in [6.45, 7) is 7.55. The lowest BCUT2D eigenvalue weighted by atomic mass is 10.0. The Morgan fingerprint density at radius 2 is 1.64 bits per heavy atom. The smallest absolute Gasteiger partial charge is 0.408 e. The first-order valence-corrected chi connectivity index (χ1v) is 11.9. The molecule has 9 nitrogen and oxygen atoms in total. The van der Waals surface area contributed by atoms with Crippen LogP contribution in [0.5, 0.6) is 0 Å². The van der Waals surface area contributed by atoms with Crippen molar-refractivity contribution in [2.75, 3.05) is 5.32 Å². The van der Waals surface area contributed by atoms with Gasteiger partial charge in [0.1, 0.15) is 11.6 Å². The number of nitrogens with one attached hydrogen (secondary N) is 3. The van der Waals surface area contributed by atoms with E-state index >= 15 is 0 Å². The number of amides is 2. The number of ether oxygens (including phenoxy) is 1. The van der Waals surface area contributed by atoms with Gasteiger partial charge in [-0.25, -0.2) is 9.89 Å². The van der Waals surface area contributed by atoms with Gasteiger partial charge in [0, 0.05) is 0 Å². The molecule has 1 atom stereocenters. The summed E-state index contributed by atoms with van der Waals surface area (Å²) in [6, 6.07) is 7.69. The summed E-state index contributed by atoms with van der Waals surface area (Å²) in [5.74, 6) is -0.297. The molecule has 0 fully saturated rings. The first-order chi connectivity index (χ1) is 15.8. The van der Waals surface area contributed by atoms with Gasteiger partial charge in [0.2, 0.25) is 11.9 Å². The van der Waals surface area contributed by atoms with E-state index in [-0.39, 0.29) is 5.95 Å². The number of unbranched alkanes of at least 4 members (excludes halogenated alkanes) is 5. The zero-order valence-corrected chi connectivity index (χ0v) is 20.3. The summed E-state index contributed by atoms with van der Waals surface area (Å²) in [4.78, 5) is 25.0. The summed E-state index contributed by atoms with van der Waals surface area (Å²) in [6.07, 6.45) is 9.19. The normalized spacial score (nSPS) is 12.2. The van der Waals surface area contributed by atoms with Crippen LogP contribution in [0.4, 0.5) is 10.7 Å². The average molecular weight is 459 g/mol. The van der Waals surface area contributed by atoms with Crippen molar-refractivity contribution in [3.8, 4) is 0 Å². The third kappa shape index (κ3) is 10.9. The molecule has 1 heterocycles. The molecule has 0 radical (unpaired) electrons. The second-order valence-corrected chi connectivity index (χ2v) is 9.31. The van der Waals surface area contributed by atoms with Gasteiger partial charge in [-0.05, 0) is 68.0 Å². The lowest BCUT2D eigenvalue weighted by Gasteiger charge is -2.23. The molecule has 2 amide bonds. The standard InChI is InChI=1S/C24H38N6O3/c1-5-6-7-8-9-10-11-18-12-14-19(15-13-18)16-17-20(25-23(32)33-24(2,3)4)21(31)26-22-27-29-30-28-22/h12-15,20H,5-11,16-17H2,1-4H3,(H,25,32)(H2,26,27,28,29,30,31). The summed E-state index contributed by atoms with van der Waals surface area (Å²) in [5, 5.41) is 18.2. The molecule has 182 valence electrons. The highest BCUT2D eigenvalue weighted by molar-refractivity contribution is 5.95. The van der Waals surface area contributed by atoms with Gasteiger partial charge in [-0.1, -0.05) is 68.4 Å². The number of nitrogens with zero attached hydrogens (tertiary/aromatic N) is 3. The van der Waals surface area contributed by atoms with Gasteiger partial charge in [-0.3, -0.25) is 10.1 Å². The molecule has 0 spiro atoms. The number of anilines is 1. The quantitative estimate of drug-likeness (QED) is 0.378. The number of aryl methyl sites for hydroxylation is 2. The maximum atomic E-state index is 12.7. The molecule has 9 heteroatoms. The number of alkyl carbamates (subject to hydrolysis) is 1. The summed E-state index contributed by atoms with van der Waals surface area (Å²) >= 11 is 0. The van der Waals surface area contributed by atoms with Crippen molar-refractivity contribution in [3.05, 3.63) is 35.4 Å². The molecular weight excluding hydrogens is 420 g/mol. The molecule has 0 saturated heterocycles. The van der Waals surface area contributed by atoms with Gasteiger partial charge in [-0.2, -0.15) is 0 Å². The molecule has 1 aromatic heterocycles. The topological polar surface area (TPSA) is 122 Å². The molecule has 0 bridgehead atoms. The number of hydrogen-bond acceptors (Lipinski definition) is 6. The number of carbonyl (C=O) groups excluding carboxylic acids is 2. The van der Waals surface area contributed by atoms with Crippen LogP contribution >= 0.6 is 0 Å². The van der Waals surface area contributed by atoms with E-state index < -0.39 is 23.6 Å². The molecule has 2 rings (SSSR count). The highest BCUT2D eigenvalue weighted by Crippen LogP contribution is 2.14. The van der Waals surface area contributed by atoms with Crippen LogP contribution in [0.2, 0.25) is 0 Å². The molecule has 0 aliphatic carbocycles. The third-order valence-electron chi connectivity index (χ3n) is 5.16. The van der Waals surface area contributed by atoms with Crippen molar-refractivity contribution >= 4 is 17.9 Å². The Morgan fingerprint density at radius 1 is 1.00 bits per heavy atom. The van der Waals surface area contributed by atoms with Crippen LogP contribution in [-0.4, -0.2) is 44.3 Å². The van der Waals surface area contributed by atoms with Gasteiger partial charge < -0.3 is 10.1 Å². The van der Waals surface area contributed by atoms with Gasteiger partial charge in [-0.15, -0.1) is 0 Å². The minimum absolute atomic E-state index is 0.120. The zero-order chi connectivity index (χ0) is 24.1. The Labute approximate surface area is 196 Å². The molecule has 2 aromatic rings. The third-order valence-corrected chi connectivity index (χ3v) is 5.16. The second-order valence-electron chi connectivity index (χ2n) is 9.31. The van der Waals surface area contributed by atoms with Crippen molar-refractivity contribution < 1.29 is 14.3 Å².